The fourth-order valence-electron chi connectivity index (χ4n) is 6.00. The number of hydrogen-bond acceptors (Lipinski definition) is 5. The van der Waals surface area contributed by atoms with Gasteiger partial charge in [-0.15, -0.1) is 108 Å². The number of carbonyl (C=O) groups is 1. The molecule has 1 N–H and O–H groups in total. The van der Waals surface area contributed by atoms with Gasteiger partial charge in [0.25, 0.3) is 0 Å². The van der Waals surface area contributed by atoms with Crippen molar-refractivity contribution in [1.82, 2.24) is 15.0 Å². The molecule has 0 saturated carbocycles. The van der Waals surface area contributed by atoms with E-state index < -0.39 is 0 Å². The molecule has 8 aromatic rings. The number of nitrogens with zero attached hydrogens (tertiary/aromatic N) is 3. The van der Waals surface area contributed by atoms with E-state index in [1.165, 1.54) is 58.9 Å². The molecule has 60 heavy (non-hydrogen) atoms. The molecule has 3 heterocycles. The molecule has 0 fully saturated rings. The number of aromatic nitrogens is 3. The maximum atomic E-state index is 10.0. The van der Waals surface area contributed by atoms with Crippen LogP contribution in [0.3, 0.4) is 0 Å². The molecule has 8 rings (SSSR count). The molecule has 0 atom stereocenters. The van der Waals surface area contributed by atoms with Crippen LogP contribution in [0.5, 0.6) is 0 Å². The zero-order chi connectivity index (χ0) is 41.1. The number of hydrogen-bond donors (Lipinski definition) is 1. The van der Waals surface area contributed by atoms with Crippen LogP contribution in [-0.4, -0.2) is 25.8 Å². The van der Waals surface area contributed by atoms with Gasteiger partial charge in [0.05, 0.1) is 5.76 Å². The van der Waals surface area contributed by atoms with E-state index in [9.17, 15) is 4.79 Å². The van der Waals surface area contributed by atoms with Gasteiger partial charge in [-0.25, -0.2) is 0 Å². The summed E-state index contributed by atoms with van der Waals surface area (Å²) in [6.45, 7) is 9.23. The van der Waals surface area contributed by atoms with Crippen LogP contribution >= 0.6 is 0 Å². The van der Waals surface area contributed by atoms with Crippen LogP contribution in [0, 0.1) is 39.0 Å². The molecule has 0 bridgehead atoms. The number of aliphatic hydroxyl groups is 1. The molecule has 5 aromatic carbocycles. The Labute approximate surface area is 382 Å². The topological polar surface area (TPSA) is 76.0 Å². The Morgan fingerprint density at radius 1 is 0.517 bits per heavy atom. The monoisotopic (exact) mass is 1140 g/mol. The van der Waals surface area contributed by atoms with Crippen LogP contribution in [0.25, 0.3) is 56.0 Å². The van der Waals surface area contributed by atoms with Crippen LogP contribution < -0.4 is 0 Å². The largest absolute Gasteiger partial charge is 0.512 e. The van der Waals surface area contributed by atoms with Gasteiger partial charge in [0, 0.05) is 70.4 Å². The predicted molar refractivity (Wildman–Crippen MR) is 238 cm³/mol. The Morgan fingerprint density at radius 3 is 1.50 bits per heavy atom. The molecule has 5 nitrogen and oxygen atoms in total. The van der Waals surface area contributed by atoms with E-state index in [-0.39, 0.29) is 51.8 Å². The van der Waals surface area contributed by atoms with Gasteiger partial charge in [-0.2, -0.15) is 0 Å². The Bertz CT molecular complexity index is 2450. The van der Waals surface area contributed by atoms with Crippen molar-refractivity contribution in [3.8, 4) is 56.0 Å². The summed E-state index contributed by atoms with van der Waals surface area (Å²) in [4.78, 5) is 23.2. The fourth-order valence-corrected chi connectivity index (χ4v) is 6.00. The maximum absolute atomic E-state index is 10.0. The van der Waals surface area contributed by atoms with E-state index in [2.05, 4.69) is 102 Å². The second kappa shape index (κ2) is 25.5. The van der Waals surface area contributed by atoms with Gasteiger partial charge in [0.1, 0.15) is 0 Å². The van der Waals surface area contributed by atoms with E-state index in [4.69, 9.17) is 5.11 Å². The molecule has 3 aromatic heterocycles. The SMILES string of the molecule is CC(=O)C=C(C)O.Cc1cc(-c2[c-]cccc2)ncc1-c1ccccc1.Cc1cc(C)cc(-c2ccnc(-c3[c-]cccc3)c2)c1.[Ir].[Ir].[c-]1ccccc1-c1ccccn1. The average molecular weight is 1140 g/mol. The Hall–Kier alpha value is -5.94. The fraction of sp³-hybridized carbons (Fsp3) is 0.0943. The van der Waals surface area contributed by atoms with Crippen molar-refractivity contribution in [2.24, 2.45) is 0 Å². The predicted octanol–water partition coefficient (Wildman–Crippen LogP) is 12.9. The number of carbonyl (C=O) groups excluding carboxylic acids is 1. The van der Waals surface area contributed by atoms with Crippen LogP contribution in [0.4, 0.5) is 0 Å². The Morgan fingerprint density at radius 2 is 1.03 bits per heavy atom. The zero-order valence-electron chi connectivity index (χ0n) is 34.2. The van der Waals surface area contributed by atoms with Gasteiger partial charge in [-0.1, -0.05) is 83.9 Å². The molecular formula is C53H46Ir2N3O2-3. The molecule has 0 saturated heterocycles. The summed E-state index contributed by atoms with van der Waals surface area (Å²) >= 11 is 0. The number of aryl methyl sites for hydroxylation is 3. The summed E-state index contributed by atoms with van der Waals surface area (Å²) < 4.78 is 0. The minimum absolute atomic E-state index is 0. The third-order valence-electron chi connectivity index (χ3n) is 8.54. The van der Waals surface area contributed by atoms with Gasteiger partial charge in [-0.3, -0.25) is 4.79 Å². The van der Waals surface area contributed by atoms with Crippen molar-refractivity contribution < 1.29 is 50.1 Å². The molecule has 0 amide bonds. The first-order valence-corrected chi connectivity index (χ1v) is 18.9. The van der Waals surface area contributed by atoms with Crippen molar-refractivity contribution in [3.05, 3.63) is 223 Å². The van der Waals surface area contributed by atoms with Crippen molar-refractivity contribution in [2.45, 2.75) is 34.6 Å². The smallest absolute Gasteiger partial charge is 0.155 e. The maximum Gasteiger partial charge on any atom is 0.155 e. The van der Waals surface area contributed by atoms with Crippen LogP contribution in [0.2, 0.25) is 0 Å². The van der Waals surface area contributed by atoms with Crippen molar-refractivity contribution >= 4 is 5.78 Å². The molecule has 306 valence electrons. The number of aliphatic hydroxyl groups excluding tert-OH is 1. The Balaban J connectivity index is 0.000000224. The quantitative estimate of drug-likeness (QED) is 0.102. The molecule has 0 aliphatic heterocycles. The van der Waals surface area contributed by atoms with Gasteiger partial charge < -0.3 is 20.1 Å². The first-order valence-electron chi connectivity index (χ1n) is 18.9. The number of rotatable bonds is 6. The standard InChI is InChI=1S/C19H16N.C18H14N.C11H8N.C5H8O2.2Ir/c1-14-10-15(2)12-18(11-14)17-8-9-20-19(13-17)16-6-4-3-5-7-16;1-14-12-18(16-10-6-3-7-11-16)19-13-17(14)15-8-4-2-5-9-15;1-2-6-10(7-3-1)11-8-4-5-9-12-11;1-4(6)3-5(2)7;;/h3-6,8-13H,1-2H3;2-10,12-13H,1H3;1-6,8-9H;3,6H,1-2H3;;/q3*-1;;;. The van der Waals surface area contributed by atoms with Crippen LogP contribution in [0.15, 0.2) is 188 Å². The number of allylic oxidation sites excluding steroid dienone is 2. The van der Waals surface area contributed by atoms with E-state index in [1.807, 2.05) is 122 Å². The summed E-state index contributed by atoms with van der Waals surface area (Å²) in [6.07, 6.45) is 6.76. The van der Waals surface area contributed by atoms with Crippen LogP contribution in [-0.2, 0) is 45.0 Å². The van der Waals surface area contributed by atoms with Crippen LogP contribution in [0.1, 0.15) is 30.5 Å². The second-order valence-electron chi connectivity index (χ2n) is 13.5. The third kappa shape index (κ3) is 15.7. The molecule has 2 radical (unpaired) electrons. The summed E-state index contributed by atoms with van der Waals surface area (Å²) in [6, 6.07) is 62.4. The molecule has 0 aliphatic carbocycles. The number of ketones is 1. The summed E-state index contributed by atoms with van der Waals surface area (Å²) in [7, 11) is 0. The van der Waals surface area contributed by atoms with Crippen molar-refractivity contribution in [3.63, 3.8) is 0 Å². The normalized spacial score (nSPS) is 10.1. The van der Waals surface area contributed by atoms with Gasteiger partial charge in [0.15, 0.2) is 5.78 Å². The third-order valence-corrected chi connectivity index (χ3v) is 8.54. The first kappa shape index (κ1) is 48.4. The van der Waals surface area contributed by atoms with Crippen molar-refractivity contribution in [1.29, 1.82) is 0 Å². The second-order valence-corrected chi connectivity index (χ2v) is 13.5. The van der Waals surface area contributed by atoms with Gasteiger partial charge in [-0.05, 0) is 86.1 Å². The molecule has 0 aliphatic rings. The van der Waals surface area contributed by atoms with E-state index in [1.54, 1.807) is 6.20 Å². The summed E-state index contributed by atoms with van der Waals surface area (Å²) in [5, 5.41) is 8.36. The van der Waals surface area contributed by atoms with E-state index in [0.717, 1.165) is 33.8 Å². The summed E-state index contributed by atoms with van der Waals surface area (Å²) in [5.41, 5.74) is 14.6. The van der Waals surface area contributed by atoms with Gasteiger partial charge >= 0.3 is 0 Å². The van der Waals surface area contributed by atoms with Crippen molar-refractivity contribution in [2.75, 3.05) is 0 Å². The number of pyridine rings is 3. The average Bonchev–Trinajstić information content (AvgIpc) is 3.25. The summed E-state index contributed by atoms with van der Waals surface area (Å²) in [5.74, 6) is -0.0625. The first-order chi connectivity index (χ1) is 28.2. The molecule has 7 heteroatoms. The minimum atomic E-state index is -0.125. The minimum Gasteiger partial charge on any atom is -0.512 e. The molecule has 0 unspecified atom stereocenters. The molecular weight excluding hydrogens is 1100 g/mol. The number of benzene rings is 5. The van der Waals surface area contributed by atoms with E-state index >= 15 is 0 Å². The Kier molecular flexibility index (Phi) is 20.6. The van der Waals surface area contributed by atoms with E-state index in [0.29, 0.717) is 0 Å². The van der Waals surface area contributed by atoms with Gasteiger partial charge in [0.2, 0.25) is 0 Å². The molecule has 0 spiro atoms. The zero-order valence-corrected chi connectivity index (χ0v) is 39.0.